The highest BCUT2D eigenvalue weighted by molar-refractivity contribution is 5.68. The van der Waals surface area contributed by atoms with Gasteiger partial charge >= 0.3 is 5.97 Å². The third-order valence-electron chi connectivity index (χ3n) is 0.543. The zero-order chi connectivity index (χ0) is 6.41. The van der Waals surface area contributed by atoms with Crippen molar-refractivity contribution in [3.05, 3.63) is 0 Å². The van der Waals surface area contributed by atoms with E-state index in [4.69, 9.17) is 10.5 Å². The van der Waals surface area contributed by atoms with Gasteiger partial charge in [-0.1, -0.05) is 0 Å². The number of nitrogens with zero attached hydrogens (tertiary/aromatic N) is 1. The Labute approximate surface area is 46.2 Å². The van der Waals surface area contributed by atoms with Crippen molar-refractivity contribution in [2.24, 2.45) is 0 Å². The summed E-state index contributed by atoms with van der Waals surface area (Å²) < 4.78 is 0. The fourth-order valence-corrected chi connectivity index (χ4v) is 0.204. The first-order valence-corrected chi connectivity index (χ1v) is 2.02. The van der Waals surface area contributed by atoms with E-state index in [0.717, 1.165) is 0 Å². The molecule has 4 nitrogen and oxygen atoms in total. The molecule has 0 saturated carbocycles. The predicted molar refractivity (Wildman–Crippen MR) is 23.6 cm³/mol. The molecule has 0 atom stereocenters. The Morgan fingerprint density at radius 3 is 2.88 bits per heavy atom. The van der Waals surface area contributed by atoms with Crippen LogP contribution in [-0.2, 0) is 9.68 Å². The molecule has 0 aromatic rings. The van der Waals surface area contributed by atoms with Gasteiger partial charge in [0.15, 0.2) is 0 Å². The van der Waals surface area contributed by atoms with E-state index in [-0.39, 0.29) is 12.8 Å². The lowest BCUT2D eigenvalue weighted by Gasteiger charge is -1.86. The topological polar surface area (TPSA) is 70.3 Å². The van der Waals surface area contributed by atoms with Crippen molar-refractivity contribution in [2.45, 2.75) is 12.8 Å². The van der Waals surface area contributed by atoms with E-state index in [1.54, 1.807) is 6.07 Å². The molecule has 0 fully saturated rings. The fraction of sp³-hybridized carbons (Fsp3) is 0.500. The molecule has 0 heterocycles. The summed E-state index contributed by atoms with van der Waals surface area (Å²) in [7, 11) is 0. The van der Waals surface area contributed by atoms with Crippen molar-refractivity contribution in [1.82, 2.24) is 0 Å². The van der Waals surface area contributed by atoms with Gasteiger partial charge in [-0.25, -0.2) is 4.79 Å². The molecule has 0 spiro atoms. The smallest absolute Gasteiger partial charge is 0.301 e. The molecule has 0 radical (unpaired) electrons. The molecule has 0 saturated heterocycles. The molecule has 0 aliphatic carbocycles. The van der Waals surface area contributed by atoms with Crippen LogP contribution in [0, 0.1) is 11.3 Å². The molecule has 0 unspecified atom stereocenters. The Hall–Kier alpha value is -1.08. The summed E-state index contributed by atoms with van der Waals surface area (Å²) in [6, 6.07) is 1.72. The van der Waals surface area contributed by atoms with Gasteiger partial charge in [0, 0.05) is 6.42 Å². The molecule has 0 rings (SSSR count). The SMILES string of the molecule is N#CCCC(=O)OO. The number of hydrogen-bond acceptors (Lipinski definition) is 4. The lowest BCUT2D eigenvalue weighted by Crippen LogP contribution is -1.98. The quantitative estimate of drug-likeness (QED) is 0.415. The van der Waals surface area contributed by atoms with Crippen LogP contribution in [0.5, 0.6) is 0 Å². The highest BCUT2D eigenvalue weighted by Gasteiger charge is 1.98. The number of carbonyl (C=O) groups excluding carboxylic acids is 1. The first kappa shape index (κ1) is 6.92. The van der Waals surface area contributed by atoms with E-state index in [0.29, 0.717) is 0 Å². The second kappa shape index (κ2) is 4.09. The van der Waals surface area contributed by atoms with E-state index in [9.17, 15) is 4.79 Å². The Kier molecular flexibility index (Phi) is 3.54. The standard InChI is InChI=1S/C4H5NO3/c5-3-1-2-4(6)8-7/h7H,1-2H2. The van der Waals surface area contributed by atoms with Gasteiger partial charge < -0.3 is 4.89 Å². The monoisotopic (exact) mass is 115 g/mol. The van der Waals surface area contributed by atoms with Crippen molar-refractivity contribution in [1.29, 1.82) is 5.26 Å². The van der Waals surface area contributed by atoms with Gasteiger partial charge in [-0.2, -0.15) is 10.5 Å². The average molecular weight is 115 g/mol. The van der Waals surface area contributed by atoms with E-state index >= 15 is 0 Å². The molecular weight excluding hydrogens is 110 g/mol. The van der Waals surface area contributed by atoms with Gasteiger partial charge in [-0.15, -0.1) is 0 Å². The summed E-state index contributed by atoms with van der Waals surface area (Å²) in [6.07, 6.45) is 0.0341. The van der Waals surface area contributed by atoms with E-state index in [1.807, 2.05) is 0 Å². The van der Waals surface area contributed by atoms with Crippen molar-refractivity contribution < 1.29 is 14.9 Å². The molecule has 0 amide bonds. The fourth-order valence-electron chi connectivity index (χ4n) is 0.204. The minimum Gasteiger partial charge on any atom is -0.301 e. The maximum absolute atomic E-state index is 9.95. The molecule has 0 aromatic heterocycles. The van der Waals surface area contributed by atoms with Crippen LogP contribution in [0.4, 0.5) is 0 Å². The van der Waals surface area contributed by atoms with Crippen LogP contribution in [-0.4, -0.2) is 11.2 Å². The van der Waals surface area contributed by atoms with Gasteiger partial charge in [-0.3, -0.25) is 0 Å². The van der Waals surface area contributed by atoms with Gasteiger partial charge in [0.1, 0.15) is 0 Å². The van der Waals surface area contributed by atoms with Crippen molar-refractivity contribution in [3.8, 4) is 6.07 Å². The van der Waals surface area contributed by atoms with E-state index < -0.39 is 5.97 Å². The molecule has 1 N–H and O–H groups in total. The molecule has 4 heteroatoms. The van der Waals surface area contributed by atoms with Crippen LogP contribution in [0.3, 0.4) is 0 Å². The first-order valence-electron chi connectivity index (χ1n) is 2.02. The predicted octanol–water partition coefficient (Wildman–Crippen LogP) is 0.306. The van der Waals surface area contributed by atoms with Gasteiger partial charge in [0.05, 0.1) is 12.5 Å². The van der Waals surface area contributed by atoms with Crippen molar-refractivity contribution >= 4 is 5.97 Å². The highest BCUT2D eigenvalue weighted by atomic mass is 17.1. The Morgan fingerprint density at radius 2 is 2.50 bits per heavy atom. The van der Waals surface area contributed by atoms with Gasteiger partial charge in [-0.05, 0) is 0 Å². The number of rotatable bonds is 2. The zero-order valence-corrected chi connectivity index (χ0v) is 4.13. The summed E-state index contributed by atoms with van der Waals surface area (Å²) in [6.45, 7) is 0. The average Bonchev–Trinajstić information content (AvgIpc) is 1.83. The van der Waals surface area contributed by atoms with Crippen LogP contribution in [0.15, 0.2) is 0 Å². The zero-order valence-electron chi connectivity index (χ0n) is 4.13. The van der Waals surface area contributed by atoms with Crippen LogP contribution >= 0.6 is 0 Å². The Balaban J connectivity index is 3.15. The normalized spacial score (nSPS) is 7.50. The Morgan fingerprint density at radius 1 is 1.88 bits per heavy atom. The molecule has 0 bridgehead atoms. The molecule has 44 valence electrons. The number of hydrogen-bond donors (Lipinski definition) is 1. The highest BCUT2D eigenvalue weighted by Crippen LogP contribution is 1.87. The molecule has 8 heavy (non-hydrogen) atoms. The Bertz CT molecular complexity index is 115. The van der Waals surface area contributed by atoms with Crippen molar-refractivity contribution in [2.75, 3.05) is 0 Å². The molecule has 0 aromatic carbocycles. The first-order chi connectivity index (χ1) is 3.81. The summed E-state index contributed by atoms with van der Waals surface area (Å²) in [5.41, 5.74) is 0. The van der Waals surface area contributed by atoms with Gasteiger partial charge in [0.2, 0.25) is 0 Å². The number of nitriles is 1. The number of carbonyl (C=O) groups is 1. The maximum atomic E-state index is 9.95. The molecular formula is C4H5NO3. The van der Waals surface area contributed by atoms with Crippen LogP contribution < -0.4 is 0 Å². The van der Waals surface area contributed by atoms with Crippen molar-refractivity contribution in [3.63, 3.8) is 0 Å². The molecule has 0 aliphatic heterocycles. The van der Waals surface area contributed by atoms with E-state index in [2.05, 4.69) is 4.89 Å². The minimum atomic E-state index is -0.772. The summed E-state index contributed by atoms with van der Waals surface area (Å²) in [5.74, 6) is -0.772. The second-order valence-electron chi connectivity index (χ2n) is 1.12. The summed E-state index contributed by atoms with van der Waals surface area (Å²) in [4.78, 5) is 13.2. The van der Waals surface area contributed by atoms with Gasteiger partial charge in [0.25, 0.3) is 0 Å². The van der Waals surface area contributed by atoms with Crippen LogP contribution in [0.2, 0.25) is 0 Å². The van der Waals surface area contributed by atoms with Crippen LogP contribution in [0.25, 0.3) is 0 Å². The maximum Gasteiger partial charge on any atom is 0.343 e. The molecule has 0 aliphatic rings. The largest absolute Gasteiger partial charge is 0.343 e. The lowest BCUT2D eigenvalue weighted by molar-refractivity contribution is -0.234. The summed E-state index contributed by atoms with van der Waals surface area (Å²) >= 11 is 0. The van der Waals surface area contributed by atoms with Crippen LogP contribution in [0.1, 0.15) is 12.8 Å². The van der Waals surface area contributed by atoms with E-state index in [1.165, 1.54) is 0 Å². The minimum absolute atomic E-state index is 0.0486. The third kappa shape index (κ3) is 3.12. The second-order valence-corrected chi connectivity index (χ2v) is 1.12. The third-order valence-corrected chi connectivity index (χ3v) is 0.543. The lowest BCUT2D eigenvalue weighted by atomic mass is 10.3. The summed E-state index contributed by atoms with van der Waals surface area (Å²) in [5, 5.41) is 15.5.